The van der Waals surface area contributed by atoms with Crippen molar-refractivity contribution in [2.45, 2.75) is 6.92 Å². The highest BCUT2D eigenvalue weighted by Gasteiger charge is 2.20. The summed E-state index contributed by atoms with van der Waals surface area (Å²) in [4.78, 5) is 17.1. The minimum atomic E-state index is -0.538. The third-order valence-electron chi connectivity index (χ3n) is 2.90. The van der Waals surface area contributed by atoms with E-state index in [-0.39, 0.29) is 12.4 Å². The molecule has 0 unspecified atom stereocenters. The van der Waals surface area contributed by atoms with E-state index in [2.05, 4.69) is 4.98 Å². The molecule has 7 nitrogen and oxygen atoms in total. The number of aromatic nitrogens is 1. The lowest BCUT2D eigenvalue weighted by molar-refractivity contribution is 0.161. The average molecular weight is 302 g/mol. The van der Waals surface area contributed by atoms with Crippen molar-refractivity contribution in [2.24, 2.45) is 0 Å². The van der Waals surface area contributed by atoms with Gasteiger partial charge in [0.05, 0.1) is 6.61 Å². The van der Waals surface area contributed by atoms with Gasteiger partial charge < -0.3 is 20.9 Å². The zero-order valence-electron chi connectivity index (χ0n) is 12.4. The zero-order chi connectivity index (χ0) is 16.1. The number of ether oxygens (including phenoxy) is 2. The molecule has 1 heterocycles. The van der Waals surface area contributed by atoms with Crippen LogP contribution in [-0.4, -0.2) is 24.7 Å². The Labute approximate surface area is 128 Å². The maximum atomic E-state index is 11.9. The first-order chi connectivity index (χ1) is 10.5. The first-order valence-electron chi connectivity index (χ1n) is 6.71. The number of benzene rings is 1. The van der Waals surface area contributed by atoms with Crippen LogP contribution in [0.3, 0.4) is 0 Å². The molecule has 0 fully saturated rings. The van der Waals surface area contributed by atoms with E-state index < -0.39 is 6.09 Å². The smallest absolute Gasteiger partial charge is 0.414 e. The topological polar surface area (TPSA) is 104 Å². The van der Waals surface area contributed by atoms with Crippen molar-refractivity contribution in [1.29, 1.82) is 0 Å². The first kappa shape index (κ1) is 15.4. The van der Waals surface area contributed by atoms with Gasteiger partial charge in [0.1, 0.15) is 11.4 Å². The summed E-state index contributed by atoms with van der Waals surface area (Å²) in [6.45, 7) is 1.99. The van der Waals surface area contributed by atoms with Crippen LogP contribution in [0.5, 0.6) is 11.5 Å². The summed E-state index contributed by atoms with van der Waals surface area (Å²) in [5.74, 6) is 1.13. The Morgan fingerprint density at radius 1 is 1.23 bits per heavy atom. The second-order valence-electron chi connectivity index (χ2n) is 4.47. The summed E-state index contributed by atoms with van der Waals surface area (Å²) in [6, 6.07) is 8.50. The molecule has 0 radical (unpaired) electrons. The molecule has 116 valence electrons. The molecule has 0 atom stereocenters. The van der Waals surface area contributed by atoms with Gasteiger partial charge in [-0.1, -0.05) is 0 Å². The number of carbonyl (C=O) groups is 1. The van der Waals surface area contributed by atoms with Gasteiger partial charge in [-0.3, -0.25) is 4.90 Å². The number of amides is 1. The van der Waals surface area contributed by atoms with E-state index in [1.165, 1.54) is 11.1 Å². The van der Waals surface area contributed by atoms with Gasteiger partial charge in [-0.05, 0) is 31.2 Å². The molecule has 4 N–H and O–H groups in total. The van der Waals surface area contributed by atoms with Gasteiger partial charge in [0, 0.05) is 25.0 Å². The third kappa shape index (κ3) is 3.38. The SMILES string of the molecule is CCOC(=O)N(C)c1c(Oc2ccc(N)cc2)ccnc1N. The van der Waals surface area contributed by atoms with E-state index in [0.29, 0.717) is 22.9 Å². The fraction of sp³-hybridized carbons (Fsp3) is 0.200. The number of rotatable bonds is 4. The number of pyridine rings is 1. The number of hydrogen-bond donors (Lipinski definition) is 2. The van der Waals surface area contributed by atoms with Crippen LogP contribution in [0.1, 0.15) is 6.92 Å². The van der Waals surface area contributed by atoms with Crippen molar-refractivity contribution in [1.82, 2.24) is 4.98 Å². The van der Waals surface area contributed by atoms with Gasteiger partial charge in [0.25, 0.3) is 0 Å². The Hall–Kier alpha value is -2.96. The van der Waals surface area contributed by atoms with Gasteiger partial charge in [0.2, 0.25) is 0 Å². The van der Waals surface area contributed by atoms with Crippen LogP contribution in [0.2, 0.25) is 0 Å². The highest BCUT2D eigenvalue weighted by atomic mass is 16.6. The summed E-state index contributed by atoms with van der Waals surface area (Å²) < 4.78 is 10.7. The van der Waals surface area contributed by atoms with Crippen molar-refractivity contribution < 1.29 is 14.3 Å². The fourth-order valence-corrected chi connectivity index (χ4v) is 1.85. The summed E-state index contributed by atoms with van der Waals surface area (Å²) in [5, 5.41) is 0. The Bertz CT molecular complexity index is 658. The quantitative estimate of drug-likeness (QED) is 0.841. The minimum absolute atomic E-state index is 0.170. The van der Waals surface area contributed by atoms with Crippen LogP contribution >= 0.6 is 0 Å². The molecule has 22 heavy (non-hydrogen) atoms. The van der Waals surface area contributed by atoms with E-state index in [0.717, 1.165) is 0 Å². The van der Waals surface area contributed by atoms with Crippen molar-refractivity contribution in [3.63, 3.8) is 0 Å². The highest BCUT2D eigenvalue weighted by molar-refractivity contribution is 5.92. The lowest BCUT2D eigenvalue weighted by Crippen LogP contribution is -2.28. The summed E-state index contributed by atoms with van der Waals surface area (Å²) >= 11 is 0. The molecular weight excluding hydrogens is 284 g/mol. The molecule has 0 spiro atoms. The van der Waals surface area contributed by atoms with Crippen LogP contribution in [0.4, 0.5) is 22.0 Å². The number of anilines is 3. The molecule has 2 aromatic rings. The summed E-state index contributed by atoms with van der Waals surface area (Å²) in [7, 11) is 1.54. The lowest BCUT2D eigenvalue weighted by atomic mass is 10.3. The number of hydrogen-bond acceptors (Lipinski definition) is 6. The highest BCUT2D eigenvalue weighted by Crippen LogP contribution is 2.35. The predicted octanol–water partition coefficient (Wildman–Crippen LogP) is 2.63. The van der Waals surface area contributed by atoms with Gasteiger partial charge in [-0.15, -0.1) is 0 Å². The van der Waals surface area contributed by atoms with Gasteiger partial charge in [-0.25, -0.2) is 9.78 Å². The average Bonchev–Trinajstić information content (AvgIpc) is 2.49. The second kappa shape index (κ2) is 6.66. The summed E-state index contributed by atoms with van der Waals surface area (Å²) in [6.07, 6.45) is 0.967. The molecule has 1 aromatic heterocycles. The molecule has 0 aliphatic rings. The number of nitrogens with zero attached hydrogens (tertiary/aromatic N) is 2. The van der Waals surface area contributed by atoms with E-state index >= 15 is 0 Å². The zero-order valence-corrected chi connectivity index (χ0v) is 12.4. The van der Waals surface area contributed by atoms with Crippen molar-refractivity contribution in [2.75, 3.05) is 30.0 Å². The van der Waals surface area contributed by atoms with E-state index in [1.54, 1.807) is 44.3 Å². The molecule has 0 aliphatic carbocycles. The van der Waals surface area contributed by atoms with Crippen LogP contribution in [0, 0.1) is 0 Å². The van der Waals surface area contributed by atoms with Gasteiger partial charge >= 0.3 is 6.09 Å². The number of nitrogens with two attached hydrogens (primary N) is 2. The summed E-state index contributed by atoms with van der Waals surface area (Å²) in [5.41, 5.74) is 12.5. The molecule has 1 aromatic carbocycles. The Morgan fingerprint density at radius 3 is 2.55 bits per heavy atom. The molecule has 0 aliphatic heterocycles. The van der Waals surface area contributed by atoms with Gasteiger partial charge in [-0.2, -0.15) is 0 Å². The van der Waals surface area contributed by atoms with Crippen LogP contribution in [-0.2, 0) is 4.74 Å². The lowest BCUT2D eigenvalue weighted by Gasteiger charge is -2.21. The Kier molecular flexibility index (Phi) is 4.67. The van der Waals surface area contributed by atoms with E-state index in [4.69, 9.17) is 20.9 Å². The van der Waals surface area contributed by atoms with Crippen molar-refractivity contribution >= 4 is 23.3 Å². The normalized spacial score (nSPS) is 10.1. The Balaban J connectivity index is 2.33. The van der Waals surface area contributed by atoms with E-state index in [9.17, 15) is 4.79 Å². The third-order valence-corrected chi connectivity index (χ3v) is 2.90. The Morgan fingerprint density at radius 2 is 1.91 bits per heavy atom. The second-order valence-corrected chi connectivity index (χ2v) is 4.47. The number of carbonyl (C=O) groups excluding carboxylic acids is 1. The molecular formula is C15H18N4O3. The molecule has 1 amide bonds. The minimum Gasteiger partial charge on any atom is -0.455 e. The monoisotopic (exact) mass is 302 g/mol. The van der Waals surface area contributed by atoms with Crippen LogP contribution < -0.4 is 21.1 Å². The molecule has 0 bridgehead atoms. The standard InChI is InChI=1S/C15H18N4O3/c1-3-21-15(20)19(2)13-12(8-9-18-14(13)17)22-11-6-4-10(16)5-7-11/h4-9H,3,16H2,1-2H3,(H2,17,18). The fourth-order valence-electron chi connectivity index (χ4n) is 1.85. The van der Waals surface area contributed by atoms with Crippen LogP contribution in [0.25, 0.3) is 0 Å². The van der Waals surface area contributed by atoms with Crippen molar-refractivity contribution in [3.8, 4) is 11.5 Å². The largest absolute Gasteiger partial charge is 0.455 e. The van der Waals surface area contributed by atoms with Crippen LogP contribution in [0.15, 0.2) is 36.5 Å². The molecule has 0 saturated heterocycles. The van der Waals surface area contributed by atoms with E-state index in [1.807, 2.05) is 0 Å². The molecule has 7 heteroatoms. The number of nitrogen functional groups attached to an aromatic ring is 2. The molecule has 0 saturated carbocycles. The molecule has 2 rings (SSSR count). The predicted molar refractivity (Wildman–Crippen MR) is 85.0 cm³/mol. The van der Waals surface area contributed by atoms with Gasteiger partial charge in [0.15, 0.2) is 11.6 Å². The van der Waals surface area contributed by atoms with Crippen molar-refractivity contribution in [3.05, 3.63) is 36.5 Å². The maximum absolute atomic E-state index is 11.9. The first-order valence-corrected chi connectivity index (χ1v) is 6.71. The maximum Gasteiger partial charge on any atom is 0.414 e.